The van der Waals surface area contributed by atoms with Gasteiger partial charge in [0.05, 0.1) is 31.0 Å². The van der Waals surface area contributed by atoms with Crippen LogP contribution in [0.3, 0.4) is 0 Å². The van der Waals surface area contributed by atoms with E-state index in [4.69, 9.17) is 9.84 Å². The van der Waals surface area contributed by atoms with Crippen LogP contribution < -0.4 is 4.74 Å². The maximum atomic E-state index is 5.21. The molecule has 7 nitrogen and oxygen atoms in total. The van der Waals surface area contributed by atoms with Crippen molar-refractivity contribution in [2.75, 3.05) is 7.11 Å². The highest BCUT2D eigenvalue weighted by Gasteiger charge is 2.13. The number of ether oxygens (including phenoxy) is 1. The van der Waals surface area contributed by atoms with E-state index in [0.29, 0.717) is 6.54 Å². The zero-order valence-corrected chi connectivity index (χ0v) is 15.4. The highest BCUT2D eigenvalue weighted by atomic mass is 32.1. The predicted octanol–water partition coefficient (Wildman–Crippen LogP) is 3.18. The summed E-state index contributed by atoms with van der Waals surface area (Å²) in [5.41, 5.74) is 3.22. The van der Waals surface area contributed by atoms with E-state index in [1.165, 1.54) is 5.56 Å². The maximum absolute atomic E-state index is 5.21. The molecular weight excluding hydrogens is 360 g/mol. The van der Waals surface area contributed by atoms with Crippen LogP contribution in [-0.4, -0.2) is 36.5 Å². The Kier molecular flexibility index (Phi) is 3.83. The summed E-state index contributed by atoms with van der Waals surface area (Å²) >= 11 is 1.56. The smallest absolute Gasteiger partial charge is 0.234 e. The molecule has 134 valence electrons. The number of para-hydroxylation sites is 2. The van der Waals surface area contributed by atoms with Gasteiger partial charge in [0.1, 0.15) is 10.8 Å². The minimum atomic E-state index is 0.577. The number of nitrogens with zero attached hydrogens (tertiary/aromatic N) is 6. The first kappa shape index (κ1) is 16.0. The molecule has 0 aliphatic rings. The zero-order valence-electron chi connectivity index (χ0n) is 14.6. The Morgan fingerprint density at radius 1 is 1.04 bits per heavy atom. The van der Waals surface area contributed by atoms with Crippen LogP contribution in [0.2, 0.25) is 0 Å². The summed E-state index contributed by atoms with van der Waals surface area (Å²) in [6.07, 6.45) is 2.59. The van der Waals surface area contributed by atoms with E-state index in [0.717, 1.165) is 39.0 Å². The van der Waals surface area contributed by atoms with Gasteiger partial charge in [-0.25, -0.2) is 4.98 Å². The highest BCUT2D eigenvalue weighted by Crippen LogP contribution is 2.20. The predicted molar refractivity (Wildman–Crippen MR) is 103 cm³/mol. The van der Waals surface area contributed by atoms with Gasteiger partial charge in [-0.2, -0.15) is 9.61 Å². The first-order valence-electron chi connectivity index (χ1n) is 8.53. The van der Waals surface area contributed by atoms with Crippen molar-refractivity contribution in [1.82, 2.24) is 29.4 Å². The van der Waals surface area contributed by atoms with Gasteiger partial charge in [-0.3, -0.25) is 0 Å². The maximum Gasteiger partial charge on any atom is 0.234 e. The number of fused-ring (bicyclic) bond motifs is 2. The van der Waals surface area contributed by atoms with Crippen molar-refractivity contribution in [1.29, 1.82) is 0 Å². The van der Waals surface area contributed by atoms with Crippen molar-refractivity contribution in [2.45, 2.75) is 13.0 Å². The second kappa shape index (κ2) is 6.48. The van der Waals surface area contributed by atoms with Gasteiger partial charge in [0.15, 0.2) is 5.82 Å². The van der Waals surface area contributed by atoms with E-state index < -0.39 is 0 Å². The van der Waals surface area contributed by atoms with Gasteiger partial charge in [-0.1, -0.05) is 35.6 Å². The number of methoxy groups -OCH3 is 1. The Labute approximate surface area is 158 Å². The van der Waals surface area contributed by atoms with E-state index in [2.05, 4.69) is 37.9 Å². The van der Waals surface area contributed by atoms with E-state index in [1.54, 1.807) is 18.4 Å². The molecule has 3 heterocycles. The SMILES string of the molecule is COc1ccc(Cc2nn3c(Cn4cnc5ccccc54)nnc3s2)cc1. The van der Waals surface area contributed by atoms with E-state index in [-0.39, 0.29) is 0 Å². The van der Waals surface area contributed by atoms with Gasteiger partial charge in [0.25, 0.3) is 0 Å². The Bertz CT molecular complexity index is 1220. The van der Waals surface area contributed by atoms with Crippen molar-refractivity contribution in [3.8, 4) is 5.75 Å². The summed E-state index contributed by atoms with van der Waals surface area (Å²) in [6, 6.07) is 16.1. The molecule has 0 fully saturated rings. The van der Waals surface area contributed by atoms with Crippen LogP contribution in [0, 0.1) is 0 Å². The second-order valence-electron chi connectivity index (χ2n) is 6.19. The molecule has 5 aromatic rings. The quantitative estimate of drug-likeness (QED) is 0.471. The van der Waals surface area contributed by atoms with Crippen LogP contribution in [0.5, 0.6) is 5.75 Å². The third kappa shape index (κ3) is 2.93. The van der Waals surface area contributed by atoms with Gasteiger partial charge in [-0.15, -0.1) is 10.2 Å². The summed E-state index contributed by atoms with van der Waals surface area (Å²) in [5, 5.41) is 14.3. The fourth-order valence-corrected chi connectivity index (χ4v) is 3.96. The summed E-state index contributed by atoms with van der Waals surface area (Å²) in [5.74, 6) is 1.65. The van der Waals surface area contributed by atoms with Gasteiger partial charge in [-0.05, 0) is 29.8 Å². The van der Waals surface area contributed by atoms with Crippen LogP contribution in [0.4, 0.5) is 0 Å². The average molecular weight is 376 g/mol. The van der Waals surface area contributed by atoms with E-state index in [1.807, 2.05) is 41.2 Å². The lowest BCUT2D eigenvalue weighted by Crippen LogP contribution is -2.04. The van der Waals surface area contributed by atoms with Crippen molar-refractivity contribution in [3.05, 3.63) is 71.3 Å². The highest BCUT2D eigenvalue weighted by molar-refractivity contribution is 7.16. The van der Waals surface area contributed by atoms with Crippen molar-refractivity contribution < 1.29 is 4.74 Å². The minimum absolute atomic E-state index is 0.577. The summed E-state index contributed by atoms with van der Waals surface area (Å²) in [7, 11) is 1.67. The van der Waals surface area contributed by atoms with Crippen molar-refractivity contribution in [3.63, 3.8) is 0 Å². The van der Waals surface area contributed by atoms with Crippen LogP contribution >= 0.6 is 11.3 Å². The number of hydrogen-bond donors (Lipinski definition) is 0. The fraction of sp³-hybridized carbons (Fsp3) is 0.158. The monoisotopic (exact) mass is 376 g/mol. The van der Waals surface area contributed by atoms with Crippen LogP contribution in [0.25, 0.3) is 16.0 Å². The van der Waals surface area contributed by atoms with Gasteiger partial charge in [0.2, 0.25) is 4.96 Å². The number of aromatic nitrogens is 6. The molecule has 0 aliphatic carbocycles. The molecular formula is C19H16N6OS. The first-order valence-corrected chi connectivity index (χ1v) is 9.34. The molecule has 0 bridgehead atoms. The standard InChI is InChI=1S/C19H16N6OS/c1-26-14-8-6-13(7-9-14)10-18-23-25-17(21-22-19(25)27-18)11-24-12-20-15-4-2-3-5-16(15)24/h2-9,12H,10-11H2,1H3. The third-order valence-electron chi connectivity index (χ3n) is 4.45. The lowest BCUT2D eigenvalue weighted by atomic mass is 10.1. The van der Waals surface area contributed by atoms with Crippen molar-refractivity contribution in [2.24, 2.45) is 0 Å². The Hall–Kier alpha value is -3.26. The molecule has 8 heteroatoms. The lowest BCUT2D eigenvalue weighted by molar-refractivity contribution is 0.414. The van der Waals surface area contributed by atoms with Crippen LogP contribution in [-0.2, 0) is 13.0 Å². The van der Waals surface area contributed by atoms with Gasteiger partial charge >= 0.3 is 0 Å². The number of imidazole rings is 1. The topological polar surface area (TPSA) is 70.1 Å². The largest absolute Gasteiger partial charge is 0.497 e. The molecule has 0 unspecified atom stereocenters. The second-order valence-corrected chi connectivity index (χ2v) is 7.23. The van der Waals surface area contributed by atoms with Crippen molar-refractivity contribution >= 4 is 27.3 Å². The fourth-order valence-electron chi connectivity index (χ4n) is 3.07. The average Bonchev–Trinajstić information content (AvgIpc) is 3.39. The van der Waals surface area contributed by atoms with Crippen LogP contribution in [0.15, 0.2) is 54.9 Å². The Balaban J connectivity index is 1.42. The Morgan fingerprint density at radius 3 is 2.74 bits per heavy atom. The zero-order chi connectivity index (χ0) is 18.2. The van der Waals surface area contributed by atoms with Gasteiger partial charge < -0.3 is 9.30 Å². The lowest BCUT2D eigenvalue weighted by Gasteiger charge is -2.02. The molecule has 0 saturated heterocycles. The molecule has 0 atom stereocenters. The third-order valence-corrected chi connectivity index (χ3v) is 5.35. The molecule has 3 aromatic heterocycles. The molecule has 5 rings (SSSR count). The summed E-state index contributed by atoms with van der Waals surface area (Å²) in [6.45, 7) is 0.577. The number of benzene rings is 2. The summed E-state index contributed by atoms with van der Waals surface area (Å²) in [4.78, 5) is 5.24. The molecule has 2 aromatic carbocycles. The number of hydrogen-bond acceptors (Lipinski definition) is 6. The molecule has 0 N–H and O–H groups in total. The van der Waals surface area contributed by atoms with Gasteiger partial charge in [0, 0.05) is 6.42 Å². The normalized spacial score (nSPS) is 11.4. The number of rotatable bonds is 5. The molecule has 0 aliphatic heterocycles. The first-order chi connectivity index (χ1) is 13.3. The Morgan fingerprint density at radius 2 is 1.89 bits per heavy atom. The molecule has 0 amide bonds. The molecule has 0 saturated carbocycles. The summed E-state index contributed by atoms with van der Waals surface area (Å²) < 4.78 is 9.10. The van der Waals surface area contributed by atoms with E-state index >= 15 is 0 Å². The molecule has 0 spiro atoms. The van der Waals surface area contributed by atoms with E-state index in [9.17, 15) is 0 Å². The molecule has 27 heavy (non-hydrogen) atoms. The minimum Gasteiger partial charge on any atom is -0.497 e. The molecule has 0 radical (unpaired) electrons. The van der Waals surface area contributed by atoms with Crippen LogP contribution in [0.1, 0.15) is 16.4 Å².